The lowest BCUT2D eigenvalue weighted by molar-refractivity contribution is 0.120. The van der Waals surface area contributed by atoms with Crippen LogP contribution in [-0.2, 0) is 11.3 Å². The van der Waals surface area contributed by atoms with Crippen LogP contribution in [-0.4, -0.2) is 67.4 Å². The lowest BCUT2D eigenvalue weighted by Gasteiger charge is -2.35. The van der Waals surface area contributed by atoms with Crippen LogP contribution in [0.1, 0.15) is 18.7 Å². The molecule has 0 bridgehead atoms. The molecular weight excluding hydrogens is 438 g/mol. The standard InChI is InChI=1S/C25H30ClN5O2/c1-32-20-7-5-19(6-8-20)31-12-10-30(11-13-31)17-24-28-23-15-18(26)4-9-22(23)25(29-24)27-16-21-3-2-14-33-21/h4-9,15,21H,2-3,10-14,16-17H2,1H3,(H,27,28,29). The molecule has 5 rings (SSSR count). The fourth-order valence-corrected chi connectivity index (χ4v) is 4.70. The van der Waals surface area contributed by atoms with Gasteiger partial charge in [-0.1, -0.05) is 11.6 Å². The predicted molar refractivity (Wildman–Crippen MR) is 132 cm³/mol. The third-order valence-electron chi connectivity index (χ3n) is 6.40. The summed E-state index contributed by atoms with van der Waals surface area (Å²) in [6.45, 7) is 6.18. The molecule has 1 atom stereocenters. The highest BCUT2D eigenvalue weighted by molar-refractivity contribution is 6.31. The largest absolute Gasteiger partial charge is 0.497 e. The van der Waals surface area contributed by atoms with Gasteiger partial charge in [0, 0.05) is 55.4 Å². The molecular formula is C25H30ClN5O2. The zero-order valence-electron chi connectivity index (χ0n) is 19.0. The molecule has 1 aromatic heterocycles. The highest BCUT2D eigenvalue weighted by Crippen LogP contribution is 2.26. The highest BCUT2D eigenvalue weighted by atomic mass is 35.5. The van der Waals surface area contributed by atoms with Gasteiger partial charge in [-0.2, -0.15) is 0 Å². The molecule has 3 heterocycles. The van der Waals surface area contributed by atoms with Crippen LogP contribution in [0.4, 0.5) is 11.5 Å². The summed E-state index contributed by atoms with van der Waals surface area (Å²) in [5.41, 5.74) is 2.10. The zero-order valence-corrected chi connectivity index (χ0v) is 19.7. The van der Waals surface area contributed by atoms with Gasteiger partial charge in [-0.15, -0.1) is 0 Å². The molecule has 1 unspecified atom stereocenters. The van der Waals surface area contributed by atoms with E-state index in [1.54, 1.807) is 7.11 Å². The minimum absolute atomic E-state index is 0.247. The van der Waals surface area contributed by atoms with E-state index in [1.807, 2.05) is 30.3 Å². The third kappa shape index (κ3) is 5.32. The monoisotopic (exact) mass is 467 g/mol. The van der Waals surface area contributed by atoms with Crippen LogP contribution in [0, 0.1) is 0 Å². The Balaban J connectivity index is 1.27. The van der Waals surface area contributed by atoms with E-state index >= 15 is 0 Å². The Bertz CT molecular complexity index is 1080. The molecule has 2 aliphatic rings. The van der Waals surface area contributed by atoms with Crippen molar-refractivity contribution in [3.8, 4) is 5.75 Å². The quantitative estimate of drug-likeness (QED) is 0.558. The first-order valence-electron chi connectivity index (χ1n) is 11.6. The summed E-state index contributed by atoms with van der Waals surface area (Å²) < 4.78 is 11.0. The van der Waals surface area contributed by atoms with Gasteiger partial charge in [-0.05, 0) is 55.3 Å². The maximum Gasteiger partial charge on any atom is 0.145 e. The summed E-state index contributed by atoms with van der Waals surface area (Å²) in [6.07, 6.45) is 2.46. The first-order chi connectivity index (χ1) is 16.2. The number of ether oxygens (including phenoxy) is 2. The number of fused-ring (bicyclic) bond motifs is 1. The molecule has 0 amide bonds. The van der Waals surface area contributed by atoms with E-state index in [0.29, 0.717) is 11.6 Å². The van der Waals surface area contributed by atoms with Crippen molar-refractivity contribution >= 4 is 34.0 Å². The number of anilines is 2. The molecule has 0 radical (unpaired) electrons. The van der Waals surface area contributed by atoms with E-state index in [-0.39, 0.29) is 6.10 Å². The van der Waals surface area contributed by atoms with Crippen LogP contribution >= 0.6 is 11.6 Å². The Hall–Kier alpha value is -2.61. The average Bonchev–Trinajstić information content (AvgIpc) is 3.37. The van der Waals surface area contributed by atoms with Gasteiger partial charge in [0.05, 0.1) is 25.3 Å². The molecule has 7 nitrogen and oxygen atoms in total. The maximum atomic E-state index is 6.26. The second-order valence-corrected chi connectivity index (χ2v) is 9.06. The third-order valence-corrected chi connectivity index (χ3v) is 6.64. The van der Waals surface area contributed by atoms with E-state index in [1.165, 1.54) is 5.69 Å². The number of rotatable bonds is 7. The highest BCUT2D eigenvalue weighted by Gasteiger charge is 2.20. The van der Waals surface area contributed by atoms with Crippen LogP contribution in [0.5, 0.6) is 5.75 Å². The van der Waals surface area contributed by atoms with Gasteiger partial charge in [-0.3, -0.25) is 4.90 Å². The number of piperazine rings is 1. The number of halogens is 1. The second kappa shape index (κ2) is 10.1. The zero-order chi connectivity index (χ0) is 22.6. The Morgan fingerprint density at radius 1 is 1.09 bits per heavy atom. The minimum Gasteiger partial charge on any atom is -0.497 e. The summed E-state index contributed by atoms with van der Waals surface area (Å²) >= 11 is 6.26. The first kappa shape index (κ1) is 22.2. The molecule has 2 aliphatic heterocycles. The van der Waals surface area contributed by atoms with Gasteiger partial charge in [0.25, 0.3) is 0 Å². The number of benzene rings is 2. The van der Waals surface area contributed by atoms with E-state index < -0.39 is 0 Å². The van der Waals surface area contributed by atoms with E-state index in [2.05, 4.69) is 27.2 Å². The second-order valence-electron chi connectivity index (χ2n) is 8.63. The van der Waals surface area contributed by atoms with Gasteiger partial charge in [0.15, 0.2) is 0 Å². The first-order valence-corrected chi connectivity index (χ1v) is 12.0. The van der Waals surface area contributed by atoms with Gasteiger partial charge in [0.2, 0.25) is 0 Å². The number of hydrogen-bond acceptors (Lipinski definition) is 7. The predicted octanol–water partition coefficient (Wildman–Crippen LogP) is 4.20. The molecule has 2 saturated heterocycles. The van der Waals surface area contributed by atoms with E-state index in [0.717, 1.165) is 80.5 Å². The fraction of sp³-hybridized carbons (Fsp3) is 0.440. The Morgan fingerprint density at radius 3 is 2.64 bits per heavy atom. The molecule has 0 spiro atoms. The summed E-state index contributed by atoms with van der Waals surface area (Å²) in [5.74, 6) is 2.56. The Morgan fingerprint density at radius 2 is 1.91 bits per heavy atom. The van der Waals surface area contributed by atoms with Crippen LogP contribution in [0.2, 0.25) is 5.02 Å². The lowest BCUT2D eigenvalue weighted by Crippen LogP contribution is -2.46. The van der Waals surface area contributed by atoms with Crippen molar-refractivity contribution in [1.82, 2.24) is 14.9 Å². The number of nitrogens with one attached hydrogen (secondary N) is 1. The Labute approximate surface area is 199 Å². The van der Waals surface area contributed by atoms with Crippen molar-refractivity contribution in [1.29, 1.82) is 0 Å². The van der Waals surface area contributed by atoms with Gasteiger partial charge in [0.1, 0.15) is 17.4 Å². The molecule has 174 valence electrons. The van der Waals surface area contributed by atoms with Gasteiger partial charge in [-0.25, -0.2) is 9.97 Å². The summed E-state index contributed by atoms with van der Waals surface area (Å²) in [7, 11) is 1.69. The maximum absolute atomic E-state index is 6.26. The van der Waals surface area contributed by atoms with Gasteiger partial charge < -0.3 is 19.7 Å². The topological polar surface area (TPSA) is 62.8 Å². The van der Waals surface area contributed by atoms with E-state index in [9.17, 15) is 0 Å². The SMILES string of the molecule is COc1ccc(N2CCN(Cc3nc(NCC4CCCO4)c4ccc(Cl)cc4n3)CC2)cc1. The molecule has 33 heavy (non-hydrogen) atoms. The van der Waals surface area contributed by atoms with Crippen molar-refractivity contribution in [2.45, 2.75) is 25.5 Å². The number of nitrogens with zero attached hydrogens (tertiary/aromatic N) is 4. The van der Waals surface area contributed by atoms with Crippen molar-refractivity contribution in [3.05, 3.63) is 53.3 Å². The molecule has 2 aromatic carbocycles. The van der Waals surface area contributed by atoms with Gasteiger partial charge >= 0.3 is 0 Å². The van der Waals surface area contributed by atoms with E-state index in [4.69, 9.17) is 31.0 Å². The minimum atomic E-state index is 0.247. The van der Waals surface area contributed by atoms with Crippen LogP contribution < -0.4 is 15.0 Å². The summed E-state index contributed by atoms with van der Waals surface area (Å²) in [6, 6.07) is 14.1. The lowest BCUT2D eigenvalue weighted by atomic mass is 10.2. The van der Waals surface area contributed by atoms with Crippen LogP contribution in [0.3, 0.4) is 0 Å². The molecule has 8 heteroatoms. The number of hydrogen-bond donors (Lipinski definition) is 1. The smallest absolute Gasteiger partial charge is 0.145 e. The normalized spacial score (nSPS) is 19.2. The molecule has 2 fully saturated rings. The van der Waals surface area contributed by atoms with Crippen molar-refractivity contribution < 1.29 is 9.47 Å². The van der Waals surface area contributed by atoms with Crippen LogP contribution in [0.25, 0.3) is 10.9 Å². The molecule has 3 aromatic rings. The average molecular weight is 468 g/mol. The van der Waals surface area contributed by atoms with Crippen molar-refractivity contribution in [2.75, 3.05) is 56.7 Å². The number of methoxy groups -OCH3 is 1. The fourth-order valence-electron chi connectivity index (χ4n) is 4.53. The Kier molecular flexibility index (Phi) is 6.80. The molecule has 0 aliphatic carbocycles. The summed E-state index contributed by atoms with van der Waals surface area (Å²) in [4.78, 5) is 14.5. The summed E-state index contributed by atoms with van der Waals surface area (Å²) in [5, 5.41) is 5.19. The van der Waals surface area contributed by atoms with Crippen LogP contribution in [0.15, 0.2) is 42.5 Å². The molecule has 1 N–H and O–H groups in total. The number of aromatic nitrogens is 2. The van der Waals surface area contributed by atoms with Crippen molar-refractivity contribution in [3.63, 3.8) is 0 Å². The molecule has 0 saturated carbocycles. The van der Waals surface area contributed by atoms with Crippen molar-refractivity contribution in [2.24, 2.45) is 0 Å².